The van der Waals surface area contributed by atoms with E-state index in [0.29, 0.717) is 28.9 Å². The summed E-state index contributed by atoms with van der Waals surface area (Å²) in [6.07, 6.45) is 0.711. The first-order chi connectivity index (χ1) is 14.8. The summed E-state index contributed by atoms with van der Waals surface area (Å²) < 4.78 is 56.0. The fraction of sp³-hybridized carbons (Fsp3) is 0.333. The quantitative estimate of drug-likeness (QED) is 0.592. The molecule has 0 spiro atoms. The number of amides is 1. The van der Waals surface area contributed by atoms with Crippen molar-refractivity contribution in [3.05, 3.63) is 58.9 Å². The van der Waals surface area contributed by atoms with E-state index >= 15 is 0 Å². The molecule has 2 heterocycles. The first kappa shape index (κ1) is 21.8. The zero-order valence-electron chi connectivity index (χ0n) is 16.8. The lowest BCUT2D eigenvalue weighted by molar-refractivity contribution is -0.122. The van der Waals surface area contributed by atoms with Crippen molar-refractivity contribution in [2.24, 2.45) is 10.9 Å². The Labute approximate surface area is 182 Å². The molecule has 0 N–H and O–H groups in total. The van der Waals surface area contributed by atoms with Crippen molar-refractivity contribution in [3.63, 3.8) is 0 Å². The van der Waals surface area contributed by atoms with Crippen molar-refractivity contribution in [2.45, 2.75) is 31.2 Å². The Hall–Kier alpha value is -2.43. The maximum Gasteiger partial charge on any atom is 0.251 e. The third kappa shape index (κ3) is 4.32. The van der Waals surface area contributed by atoms with Crippen LogP contribution in [0.5, 0.6) is 0 Å². The van der Waals surface area contributed by atoms with Gasteiger partial charge >= 0.3 is 0 Å². The molecule has 1 aliphatic rings. The van der Waals surface area contributed by atoms with Crippen LogP contribution in [0.4, 0.5) is 8.78 Å². The number of nitrogens with zero attached hydrogens (tertiary/aromatic N) is 3. The van der Waals surface area contributed by atoms with E-state index < -0.39 is 15.8 Å². The van der Waals surface area contributed by atoms with Crippen LogP contribution in [0.2, 0.25) is 0 Å². The molecule has 6 nitrogen and oxygen atoms in total. The van der Waals surface area contributed by atoms with Crippen molar-refractivity contribution in [3.8, 4) is 0 Å². The normalized spacial score (nSPS) is 16.8. The molecule has 0 aliphatic carbocycles. The molecule has 0 atom stereocenters. The second-order valence-corrected chi connectivity index (χ2v) is 10.3. The molecule has 1 amide bonds. The molecular formula is C21H21F2N3O3S2. The molecule has 1 aromatic heterocycles. The Morgan fingerprint density at radius 3 is 2.39 bits per heavy atom. The van der Waals surface area contributed by atoms with Crippen LogP contribution in [0.1, 0.15) is 19.8 Å². The number of benzene rings is 2. The summed E-state index contributed by atoms with van der Waals surface area (Å²) in [6.45, 7) is 2.90. The van der Waals surface area contributed by atoms with Gasteiger partial charge in [-0.05, 0) is 62.2 Å². The van der Waals surface area contributed by atoms with Crippen LogP contribution in [0.3, 0.4) is 0 Å². The molecule has 31 heavy (non-hydrogen) atoms. The number of sulfonamides is 1. The minimum absolute atomic E-state index is 0.0323. The largest absolute Gasteiger partial charge is 0.317 e. The van der Waals surface area contributed by atoms with E-state index in [1.54, 1.807) is 6.07 Å². The smallest absolute Gasteiger partial charge is 0.251 e. The SMILES string of the molecule is CCn1c(=NC(=O)C2CCN(S(=O)(=O)c3ccc(F)cc3)CC2)sc2cc(F)ccc21. The average Bonchev–Trinajstić information content (AvgIpc) is 3.09. The van der Waals surface area contributed by atoms with Crippen molar-refractivity contribution >= 4 is 37.5 Å². The van der Waals surface area contributed by atoms with Crippen molar-refractivity contribution in [2.75, 3.05) is 13.1 Å². The summed E-state index contributed by atoms with van der Waals surface area (Å²) in [5.74, 6) is -1.53. The first-order valence-corrected chi connectivity index (χ1v) is 12.2. The van der Waals surface area contributed by atoms with E-state index in [9.17, 15) is 22.0 Å². The third-order valence-electron chi connectivity index (χ3n) is 5.42. The van der Waals surface area contributed by atoms with Crippen molar-refractivity contribution in [1.82, 2.24) is 8.87 Å². The summed E-state index contributed by atoms with van der Waals surface area (Å²) in [4.78, 5) is 17.6. The van der Waals surface area contributed by atoms with Gasteiger partial charge in [0.1, 0.15) is 11.6 Å². The standard InChI is InChI=1S/C21H21F2N3O3S2/c1-2-26-18-8-5-16(23)13-19(18)30-21(26)24-20(27)14-9-11-25(12-10-14)31(28,29)17-6-3-15(22)4-7-17/h3-8,13-14H,2,9-12H2,1H3. The molecule has 10 heteroatoms. The highest BCUT2D eigenvalue weighted by Gasteiger charge is 2.32. The number of carbonyl (C=O) groups is 1. The van der Waals surface area contributed by atoms with Gasteiger partial charge < -0.3 is 4.57 Å². The van der Waals surface area contributed by atoms with E-state index in [0.717, 1.165) is 17.6 Å². The molecule has 1 saturated heterocycles. The number of aryl methyl sites for hydroxylation is 1. The monoisotopic (exact) mass is 465 g/mol. The topological polar surface area (TPSA) is 71.7 Å². The summed E-state index contributed by atoms with van der Waals surface area (Å²) in [5.41, 5.74) is 0.820. The molecule has 0 saturated carbocycles. The fourth-order valence-corrected chi connectivity index (χ4v) is 6.32. The van der Waals surface area contributed by atoms with Gasteiger partial charge in [-0.25, -0.2) is 17.2 Å². The van der Waals surface area contributed by atoms with Gasteiger partial charge in [0.15, 0.2) is 4.80 Å². The number of aromatic nitrogens is 1. The van der Waals surface area contributed by atoms with E-state index in [4.69, 9.17) is 0 Å². The number of carbonyl (C=O) groups excluding carboxylic acids is 1. The average molecular weight is 466 g/mol. The van der Waals surface area contributed by atoms with Gasteiger partial charge in [-0.2, -0.15) is 9.30 Å². The van der Waals surface area contributed by atoms with E-state index in [2.05, 4.69) is 4.99 Å². The molecule has 0 unspecified atom stereocenters. The summed E-state index contributed by atoms with van der Waals surface area (Å²) in [7, 11) is -3.73. The van der Waals surface area contributed by atoms with Crippen molar-refractivity contribution < 1.29 is 22.0 Å². The molecule has 4 rings (SSSR count). The predicted molar refractivity (Wildman–Crippen MR) is 114 cm³/mol. The van der Waals surface area contributed by atoms with Crippen molar-refractivity contribution in [1.29, 1.82) is 0 Å². The minimum Gasteiger partial charge on any atom is -0.317 e. The van der Waals surface area contributed by atoms with Gasteiger partial charge in [-0.3, -0.25) is 4.79 Å². The Bertz CT molecular complexity index is 1290. The zero-order chi connectivity index (χ0) is 22.2. The number of hydrogen-bond donors (Lipinski definition) is 0. The van der Waals surface area contributed by atoms with Gasteiger partial charge in [0, 0.05) is 25.6 Å². The Morgan fingerprint density at radius 2 is 1.74 bits per heavy atom. The van der Waals surface area contributed by atoms with Gasteiger partial charge in [0.25, 0.3) is 5.91 Å². The lowest BCUT2D eigenvalue weighted by Gasteiger charge is -2.29. The Morgan fingerprint density at radius 1 is 1.10 bits per heavy atom. The molecule has 1 aliphatic heterocycles. The first-order valence-electron chi connectivity index (χ1n) is 9.93. The van der Waals surface area contributed by atoms with Crippen LogP contribution in [0.15, 0.2) is 52.4 Å². The Balaban J connectivity index is 1.51. The lowest BCUT2D eigenvalue weighted by atomic mass is 9.98. The third-order valence-corrected chi connectivity index (χ3v) is 8.38. The molecule has 2 aromatic carbocycles. The number of halogens is 2. The van der Waals surface area contributed by atoms with Gasteiger partial charge in [0.2, 0.25) is 10.0 Å². The summed E-state index contributed by atoms with van der Waals surface area (Å²) in [5, 5.41) is 0. The minimum atomic E-state index is -3.73. The maximum atomic E-state index is 13.5. The van der Waals surface area contributed by atoms with E-state index in [1.807, 2.05) is 11.5 Å². The van der Waals surface area contributed by atoms with Crippen LogP contribution in [0, 0.1) is 17.6 Å². The zero-order valence-corrected chi connectivity index (χ0v) is 18.4. The van der Waals surface area contributed by atoms with Crippen LogP contribution >= 0.6 is 11.3 Å². The highest BCUT2D eigenvalue weighted by atomic mass is 32.2. The number of thiazole rings is 1. The summed E-state index contributed by atoms with van der Waals surface area (Å²) >= 11 is 1.26. The number of rotatable bonds is 4. The molecule has 164 valence electrons. The second-order valence-electron chi connectivity index (χ2n) is 7.32. The molecule has 3 aromatic rings. The molecule has 0 bridgehead atoms. The fourth-order valence-electron chi connectivity index (χ4n) is 3.72. The maximum absolute atomic E-state index is 13.5. The van der Waals surface area contributed by atoms with Gasteiger partial charge in [-0.1, -0.05) is 11.3 Å². The van der Waals surface area contributed by atoms with Crippen LogP contribution in [-0.2, 0) is 21.4 Å². The van der Waals surface area contributed by atoms with Crippen LogP contribution < -0.4 is 4.80 Å². The highest BCUT2D eigenvalue weighted by molar-refractivity contribution is 7.89. The number of hydrogen-bond acceptors (Lipinski definition) is 4. The van der Waals surface area contributed by atoms with Gasteiger partial charge in [-0.15, -0.1) is 0 Å². The lowest BCUT2D eigenvalue weighted by Crippen LogP contribution is -2.40. The highest BCUT2D eigenvalue weighted by Crippen LogP contribution is 2.25. The Kier molecular flexibility index (Phi) is 6.05. The molecule has 1 fully saturated rings. The second kappa shape index (κ2) is 8.60. The van der Waals surface area contributed by atoms with Gasteiger partial charge in [0.05, 0.1) is 15.1 Å². The van der Waals surface area contributed by atoms with E-state index in [1.165, 1.54) is 39.9 Å². The van der Waals surface area contributed by atoms with E-state index in [-0.39, 0.29) is 35.6 Å². The number of fused-ring (bicyclic) bond motifs is 1. The predicted octanol–water partition coefficient (Wildman–Crippen LogP) is 3.53. The van der Waals surface area contributed by atoms with Crippen LogP contribution in [-0.4, -0.2) is 36.3 Å². The number of piperidine rings is 1. The van der Waals surface area contributed by atoms with Crippen LogP contribution in [0.25, 0.3) is 10.2 Å². The molecule has 0 radical (unpaired) electrons. The molecular weight excluding hydrogens is 444 g/mol. The summed E-state index contributed by atoms with van der Waals surface area (Å²) in [6, 6.07) is 9.19.